The van der Waals surface area contributed by atoms with Crippen molar-refractivity contribution in [3.05, 3.63) is 103 Å². The molecular weight excluding hydrogens is 751 g/mol. The Labute approximate surface area is 279 Å². The first-order valence-corrected chi connectivity index (χ1v) is 18.6. The Morgan fingerprint density at radius 2 is 1.73 bits per heavy atom. The van der Waals surface area contributed by atoms with Gasteiger partial charge in [0.1, 0.15) is 0 Å². The molecule has 0 bridgehead atoms. The molecule has 0 saturated carbocycles. The maximum absolute atomic E-state index is 6.02. The zero-order valence-corrected chi connectivity index (χ0v) is 30.2. The van der Waals surface area contributed by atoms with Crippen LogP contribution in [0.2, 0.25) is 19.6 Å². The van der Waals surface area contributed by atoms with Gasteiger partial charge in [0.25, 0.3) is 0 Å². The van der Waals surface area contributed by atoms with Gasteiger partial charge in [0.2, 0.25) is 5.71 Å². The summed E-state index contributed by atoms with van der Waals surface area (Å²) in [6, 6.07) is 28.9. The molecule has 0 aliphatic rings. The summed E-state index contributed by atoms with van der Waals surface area (Å²) in [4.78, 5) is 18.5. The van der Waals surface area contributed by atoms with Crippen molar-refractivity contribution >= 4 is 46.4 Å². The van der Waals surface area contributed by atoms with Crippen LogP contribution < -0.4 is 5.19 Å². The molecule has 0 amide bonds. The molecular formula is C37H37IrN5OSi-2. The minimum atomic E-state index is -1.23. The predicted octanol–water partition coefficient (Wildman–Crippen LogP) is 8.74. The number of fused-ring (bicyclic) bond motifs is 4. The maximum atomic E-state index is 6.02. The zero-order valence-electron chi connectivity index (χ0n) is 26.8. The first-order chi connectivity index (χ1) is 21.1. The molecule has 0 fully saturated rings. The fourth-order valence-electron chi connectivity index (χ4n) is 5.41. The van der Waals surface area contributed by atoms with Crippen molar-refractivity contribution in [2.75, 3.05) is 0 Å². The molecule has 6 nitrogen and oxygen atoms in total. The Morgan fingerprint density at radius 1 is 0.911 bits per heavy atom. The van der Waals surface area contributed by atoms with E-state index in [1.54, 1.807) is 0 Å². The van der Waals surface area contributed by atoms with Gasteiger partial charge in [0.15, 0.2) is 0 Å². The van der Waals surface area contributed by atoms with Gasteiger partial charge in [0.05, 0.1) is 36.2 Å². The standard InChI is InChI=1S/C23H21N4O.C14H16NSi.Ir/c1-5-27-21-18(10-11-24-20(21)13(2)3)26-22(27)15-7-9-16-17-8-6-14(4)25-23(17)28-19(16)12-15;1-16(2,3)13-9-10-14(15-11-13)12-7-5-4-6-8-12;/h6,8-13H,5H2,1-4H3;4-7,9-11H,1-3H3;/q2*-1;. The molecule has 0 N–H and O–H groups in total. The van der Waals surface area contributed by atoms with E-state index >= 15 is 0 Å². The van der Waals surface area contributed by atoms with Crippen LogP contribution in [0.5, 0.6) is 0 Å². The van der Waals surface area contributed by atoms with Crippen molar-refractivity contribution in [1.82, 2.24) is 24.5 Å². The number of rotatable bonds is 5. The average molecular weight is 788 g/mol. The fourth-order valence-corrected chi connectivity index (χ4v) is 6.44. The molecule has 231 valence electrons. The van der Waals surface area contributed by atoms with Crippen LogP contribution in [0.3, 0.4) is 0 Å². The molecule has 2 aromatic carbocycles. The zero-order chi connectivity index (χ0) is 31.0. The van der Waals surface area contributed by atoms with Crippen molar-refractivity contribution in [3.63, 3.8) is 0 Å². The van der Waals surface area contributed by atoms with Gasteiger partial charge in [-0.2, -0.15) is 0 Å². The molecule has 8 heteroatoms. The first kappa shape index (κ1) is 32.4. The Hall–Kier alpha value is -3.97. The number of pyridine rings is 3. The van der Waals surface area contributed by atoms with Crippen LogP contribution in [0.15, 0.2) is 83.5 Å². The second kappa shape index (κ2) is 13.2. The fraction of sp³-hybridized carbons (Fsp3) is 0.243. The summed E-state index contributed by atoms with van der Waals surface area (Å²) < 4.78 is 8.25. The summed E-state index contributed by atoms with van der Waals surface area (Å²) in [6.07, 6.45) is 3.86. The minimum Gasteiger partial charge on any atom is -0.458 e. The van der Waals surface area contributed by atoms with E-state index in [-0.39, 0.29) is 20.1 Å². The molecule has 7 aromatic rings. The molecule has 45 heavy (non-hydrogen) atoms. The summed E-state index contributed by atoms with van der Waals surface area (Å²) >= 11 is 0. The number of imidazole rings is 1. The number of nitrogens with zero attached hydrogens (tertiary/aromatic N) is 5. The Kier molecular flexibility index (Phi) is 9.49. The minimum absolute atomic E-state index is 0. The number of aromatic nitrogens is 5. The van der Waals surface area contributed by atoms with E-state index in [1.807, 2.05) is 67.8 Å². The Balaban J connectivity index is 0.000000202. The van der Waals surface area contributed by atoms with Gasteiger partial charge in [-0.15, -0.1) is 53.6 Å². The summed E-state index contributed by atoms with van der Waals surface area (Å²) in [7, 11) is -1.23. The van der Waals surface area contributed by atoms with Crippen LogP contribution in [0.25, 0.3) is 55.7 Å². The first-order valence-electron chi connectivity index (χ1n) is 15.1. The average Bonchev–Trinajstić information content (AvgIpc) is 3.58. The van der Waals surface area contributed by atoms with E-state index in [0.29, 0.717) is 11.6 Å². The van der Waals surface area contributed by atoms with Crippen LogP contribution in [0.4, 0.5) is 0 Å². The third-order valence-corrected chi connectivity index (χ3v) is 9.84. The number of furan rings is 1. The number of hydrogen-bond donors (Lipinski definition) is 0. The monoisotopic (exact) mass is 788 g/mol. The van der Waals surface area contributed by atoms with Gasteiger partial charge in [0, 0.05) is 50.1 Å². The van der Waals surface area contributed by atoms with Crippen LogP contribution >= 0.6 is 0 Å². The van der Waals surface area contributed by atoms with Gasteiger partial charge in [-0.25, -0.2) is 4.98 Å². The predicted molar refractivity (Wildman–Crippen MR) is 183 cm³/mol. The van der Waals surface area contributed by atoms with Gasteiger partial charge in [-0.05, 0) is 42.8 Å². The van der Waals surface area contributed by atoms with E-state index in [0.717, 1.165) is 68.0 Å². The SMILES string of the molecule is CCn1c(-c2[c-]cc3c(c2)oc2nc(C)ccc23)nc2ccnc(C(C)C)c21.C[Si](C)(C)c1ccc(-c2[c-]cccc2)nc1.[Ir]. The maximum Gasteiger partial charge on any atom is 0.215 e. The summed E-state index contributed by atoms with van der Waals surface area (Å²) in [6.45, 7) is 16.2. The van der Waals surface area contributed by atoms with Crippen LogP contribution in [-0.4, -0.2) is 32.6 Å². The number of aryl methyl sites for hydroxylation is 2. The third-order valence-electron chi connectivity index (χ3n) is 7.81. The second-order valence-corrected chi connectivity index (χ2v) is 17.5. The van der Waals surface area contributed by atoms with E-state index in [4.69, 9.17) is 9.40 Å². The van der Waals surface area contributed by atoms with E-state index in [1.165, 1.54) is 5.19 Å². The van der Waals surface area contributed by atoms with Crippen molar-refractivity contribution in [2.24, 2.45) is 0 Å². The van der Waals surface area contributed by atoms with E-state index < -0.39 is 8.07 Å². The molecule has 7 rings (SSSR count). The van der Waals surface area contributed by atoms with Gasteiger partial charge < -0.3 is 14.0 Å². The quantitative estimate of drug-likeness (QED) is 0.129. The van der Waals surface area contributed by atoms with Crippen LogP contribution in [-0.2, 0) is 26.7 Å². The molecule has 0 aliphatic carbocycles. The topological polar surface area (TPSA) is 69.6 Å². The van der Waals surface area contributed by atoms with Crippen molar-refractivity contribution in [2.45, 2.75) is 59.8 Å². The largest absolute Gasteiger partial charge is 0.458 e. The molecule has 0 atom stereocenters. The molecule has 0 unspecified atom stereocenters. The van der Waals surface area contributed by atoms with Crippen LogP contribution in [0.1, 0.15) is 38.1 Å². The van der Waals surface area contributed by atoms with E-state index in [9.17, 15) is 0 Å². The molecule has 5 aromatic heterocycles. The molecule has 0 aliphatic heterocycles. The van der Waals surface area contributed by atoms with Gasteiger partial charge >= 0.3 is 0 Å². The Morgan fingerprint density at radius 3 is 2.40 bits per heavy atom. The van der Waals surface area contributed by atoms with Crippen LogP contribution in [0, 0.1) is 19.1 Å². The number of hydrogen-bond acceptors (Lipinski definition) is 5. The van der Waals surface area contributed by atoms with Crippen molar-refractivity contribution in [3.8, 4) is 22.6 Å². The van der Waals surface area contributed by atoms with E-state index in [2.05, 4.69) is 90.3 Å². The van der Waals surface area contributed by atoms with Crippen molar-refractivity contribution in [1.29, 1.82) is 0 Å². The summed E-state index contributed by atoms with van der Waals surface area (Å²) in [5, 5.41) is 3.43. The summed E-state index contributed by atoms with van der Waals surface area (Å²) in [5.41, 5.74) is 8.52. The van der Waals surface area contributed by atoms with Crippen molar-refractivity contribution < 1.29 is 24.5 Å². The third kappa shape index (κ3) is 6.55. The van der Waals surface area contributed by atoms with Gasteiger partial charge in [-0.3, -0.25) is 9.97 Å². The Bertz CT molecular complexity index is 2080. The second-order valence-electron chi connectivity index (χ2n) is 12.4. The molecule has 0 saturated heterocycles. The molecule has 5 heterocycles. The van der Waals surface area contributed by atoms with Gasteiger partial charge in [-0.1, -0.05) is 63.1 Å². The summed E-state index contributed by atoms with van der Waals surface area (Å²) in [5.74, 6) is 1.22. The smallest absolute Gasteiger partial charge is 0.215 e. The normalized spacial score (nSPS) is 11.6. The molecule has 1 radical (unpaired) electrons. The molecule has 0 spiro atoms. The number of benzene rings is 2.